The van der Waals surface area contributed by atoms with Crippen LogP contribution in [0.4, 0.5) is 4.79 Å². The van der Waals surface area contributed by atoms with Crippen molar-refractivity contribution in [2.45, 2.75) is 57.9 Å². The Labute approximate surface area is 207 Å². The summed E-state index contributed by atoms with van der Waals surface area (Å²) in [7, 11) is 0. The molecule has 0 saturated heterocycles. The molecule has 3 N–H and O–H groups in total. The molecule has 2 unspecified atom stereocenters. The van der Waals surface area contributed by atoms with Gasteiger partial charge in [-0.1, -0.05) is 78.9 Å². The first-order valence-corrected chi connectivity index (χ1v) is 11.8. The third-order valence-electron chi connectivity index (χ3n) is 5.47. The van der Waals surface area contributed by atoms with E-state index in [4.69, 9.17) is 4.74 Å². The number of benzene rings is 3. The van der Waals surface area contributed by atoms with E-state index >= 15 is 0 Å². The molecule has 0 fully saturated rings. The largest absolute Gasteiger partial charge is 0.445 e. The van der Waals surface area contributed by atoms with E-state index in [1.54, 1.807) is 24.3 Å². The maximum Gasteiger partial charge on any atom is 0.408 e. The van der Waals surface area contributed by atoms with E-state index in [1.807, 2.05) is 81.4 Å². The molecule has 2 amide bonds. The van der Waals surface area contributed by atoms with Gasteiger partial charge in [0.2, 0.25) is 0 Å². The van der Waals surface area contributed by atoms with Crippen molar-refractivity contribution >= 4 is 12.0 Å². The van der Waals surface area contributed by atoms with E-state index in [1.165, 1.54) is 0 Å². The zero-order valence-corrected chi connectivity index (χ0v) is 20.5. The Balaban J connectivity index is 1.81. The molecular weight excluding hydrogens is 440 g/mol. The fourth-order valence-corrected chi connectivity index (χ4v) is 3.78. The third kappa shape index (κ3) is 8.26. The van der Waals surface area contributed by atoms with Crippen molar-refractivity contribution in [1.82, 2.24) is 10.6 Å². The molecular formula is C29H34N2O4. The van der Waals surface area contributed by atoms with Gasteiger partial charge < -0.3 is 20.5 Å². The number of aliphatic hydroxyl groups is 1. The lowest BCUT2D eigenvalue weighted by molar-refractivity contribution is 0.0892. The molecule has 0 spiro atoms. The van der Waals surface area contributed by atoms with Gasteiger partial charge in [0, 0.05) is 11.1 Å². The number of nitrogens with one attached hydrogen (secondary N) is 2. The van der Waals surface area contributed by atoms with Gasteiger partial charge in [-0.05, 0) is 56.4 Å². The van der Waals surface area contributed by atoms with E-state index in [-0.39, 0.29) is 12.5 Å². The molecule has 0 radical (unpaired) electrons. The molecule has 0 aromatic heterocycles. The van der Waals surface area contributed by atoms with Crippen molar-refractivity contribution < 1.29 is 19.4 Å². The predicted octanol–water partition coefficient (Wildman–Crippen LogP) is 5.18. The van der Waals surface area contributed by atoms with Gasteiger partial charge in [-0.15, -0.1) is 0 Å². The van der Waals surface area contributed by atoms with E-state index < -0.39 is 23.8 Å². The van der Waals surface area contributed by atoms with Gasteiger partial charge in [0.25, 0.3) is 5.91 Å². The predicted molar refractivity (Wildman–Crippen MR) is 137 cm³/mol. The number of aliphatic hydroxyl groups excluding tert-OH is 1. The van der Waals surface area contributed by atoms with Gasteiger partial charge in [-0.2, -0.15) is 0 Å². The Morgan fingerprint density at radius 2 is 1.43 bits per heavy atom. The molecule has 0 heterocycles. The van der Waals surface area contributed by atoms with Gasteiger partial charge in [0.15, 0.2) is 0 Å². The summed E-state index contributed by atoms with van der Waals surface area (Å²) in [5.74, 6) is -0.271. The second-order valence-corrected chi connectivity index (χ2v) is 9.57. The number of hydrogen-bond acceptors (Lipinski definition) is 4. The zero-order chi connectivity index (χ0) is 25.3. The van der Waals surface area contributed by atoms with Crippen LogP contribution in [0.5, 0.6) is 0 Å². The summed E-state index contributed by atoms with van der Waals surface area (Å²) in [5, 5.41) is 17.0. The Morgan fingerprint density at radius 1 is 0.857 bits per heavy atom. The minimum absolute atomic E-state index is 0.103. The molecule has 2 atom stereocenters. The third-order valence-corrected chi connectivity index (χ3v) is 5.47. The molecule has 184 valence electrons. The van der Waals surface area contributed by atoms with Gasteiger partial charge in [0.1, 0.15) is 6.61 Å². The minimum Gasteiger partial charge on any atom is -0.445 e. The Kier molecular flexibility index (Phi) is 9.04. The fraction of sp³-hybridized carbons (Fsp3) is 0.310. The highest BCUT2D eigenvalue weighted by Crippen LogP contribution is 2.25. The van der Waals surface area contributed by atoms with Crippen molar-refractivity contribution in [3.63, 3.8) is 0 Å². The van der Waals surface area contributed by atoms with Gasteiger partial charge in [-0.3, -0.25) is 4.79 Å². The average molecular weight is 475 g/mol. The summed E-state index contributed by atoms with van der Waals surface area (Å²) in [4.78, 5) is 25.8. The molecule has 0 aliphatic heterocycles. The van der Waals surface area contributed by atoms with Crippen molar-refractivity contribution in [1.29, 1.82) is 0 Å². The van der Waals surface area contributed by atoms with Crippen LogP contribution in [0.2, 0.25) is 0 Å². The number of carbonyl (C=O) groups excluding carboxylic acids is 2. The smallest absolute Gasteiger partial charge is 0.408 e. The van der Waals surface area contributed by atoms with Gasteiger partial charge in [0.05, 0.1) is 12.1 Å². The number of aryl methyl sites for hydroxylation is 1. The maximum absolute atomic E-state index is 13.0. The van der Waals surface area contributed by atoms with Crippen LogP contribution in [0.3, 0.4) is 0 Å². The second kappa shape index (κ2) is 12.2. The van der Waals surface area contributed by atoms with Crippen molar-refractivity contribution in [3.8, 4) is 0 Å². The molecule has 6 heteroatoms. The summed E-state index contributed by atoms with van der Waals surface area (Å²) in [6, 6.07) is 25.4. The highest BCUT2D eigenvalue weighted by atomic mass is 16.5. The van der Waals surface area contributed by atoms with E-state index in [9.17, 15) is 14.7 Å². The Morgan fingerprint density at radius 3 is 2.06 bits per heavy atom. The van der Waals surface area contributed by atoms with Crippen LogP contribution in [-0.2, 0) is 17.8 Å². The molecule has 0 bridgehead atoms. The van der Waals surface area contributed by atoms with Crippen LogP contribution in [0.15, 0.2) is 84.9 Å². The first-order valence-electron chi connectivity index (χ1n) is 11.8. The normalized spacial score (nSPS) is 12.9. The first kappa shape index (κ1) is 26.0. The Hall–Kier alpha value is -3.64. The molecule has 0 saturated carbocycles. The number of alkyl carbamates (subject to hydrolysis) is 1. The van der Waals surface area contributed by atoms with Gasteiger partial charge >= 0.3 is 6.09 Å². The minimum atomic E-state index is -0.942. The maximum atomic E-state index is 13.0. The molecule has 3 aromatic carbocycles. The summed E-state index contributed by atoms with van der Waals surface area (Å²) in [6.07, 6.45) is -0.593. The van der Waals surface area contributed by atoms with E-state index in [2.05, 4.69) is 10.6 Å². The average Bonchev–Trinajstić information content (AvgIpc) is 2.85. The first-order chi connectivity index (χ1) is 16.7. The number of ether oxygens (including phenoxy) is 1. The summed E-state index contributed by atoms with van der Waals surface area (Å²) in [5.41, 5.74) is 2.43. The lowest BCUT2D eigenvalue weighted by atomic mass is 9.92. The number of rotatable bonds is 9. The molecule has 0 aliphatic rings. The lowest BCUT2D eigenvalue weighted by Gasteiger charge is -2.27. The fourth-order valence-electron chi connectivity index (χ4n) is 3.78. The van der Waals surface area contributed by atoms with Crippen LogP contribution in [-0.4, -0.2) is 28.7 Å². The number of carbonyl (C=O) groups is 2. The van der Waals surface area contributed by atoms with Crippen LogP contribution >= 0.6 is 0 Å². The summed E-state index contributed by atoms with van der Waals surface area (Å²) in [6.45, 7) is 5.81. The topological polar surface area (TPSA) is 87.7 Å². The van der Waals surface area contributed by atoms with E-state index in [0.29, 0.717) is 24.0 Å². The highest BCUT2D eigenvalue weighted by molar-refractivity contribution is 5.96. The summed E-state index contributed by atoms with van der Waals surface area (Å²) >= 11 is 0. The quantitative estimate of drug-likeness (QED) is 0.399. The van der Waals surface area contributed by atoms with Gasteiger partial charge in [-0.25, -0.2) is 4.79 Å². The van der Waals surface area contributed by atoms with Crippen molar-refractivity contribution in [2.24, 2.45) is 0 Å². The molecule has 0 aliphatic carbocycles. The molecule has 6 nitrogen and oxygen atoms in total. The standard InChI is InChI=1S/C29H34N2O4/c1-29(2,3)31-27(33)24-17-11-10-16-23(24)26(25(32)19-18-21-12-6-4-7-13-21)30-28(34)35-20-22-14-8-5-9-15-22/h4-17,25-26,32H,18-20H2,1-3H3,(H,30,34)(H,31,33). The van der Waals surface area contributed by atoms with Crippen molar-refractivity contribution in [2.75, 3.05) is 0 Å². The monoisotopic (exact) mass is 474 g/mol. The van der Waals surface area contributed by atoms with E-state index in [0.717, 1.165) is 11.1 Å². The van der Waals surface area contributed by atoms with Crippen LogP contribution in [0.25, 0.3) is 0 Å². The van der Waals surface area contributed by atoms with Crippen LogP contribution in [0.1, 0.15) is 60.3 Å². The Bertz CT molecular complexity index is 1090. The zero-order valence-electron chi connectivity index (χ0n) is 20.5. The highest BCUT2D eigenvalue weighted by Gasteiger charge is 2.28. The molecule has 35 heavy (non-hydrogen) atoms. The second-order valence-electron chi connectivity index (χ2n) is 9.57. The summed E-state index contributed by atoms with van der Waals surface area (Å²) < 4.78 is 5.41. The molecule has 3 rings (SSSR count). The van der Waals surface area contributed by atoms with Crippen LogP contribution in [0, 0.1) is 0 Å². The molecule has 3 aromatic rings. The van der Waals surface area contributed by atoms with Crippen LogP contribution < -0.4 is 10.6 Å². The number of hydrogen-bond donors (Lipinski definition) is 3. The van der Waals surface area contributed by atoms with Crippen molar-refractivity contribution in [3.05, 3.63) is 107 Å². The number of amides is 2. The lowest BCUT2D eigenvalue weighted by Crippen LogP contribution is -2.42. The SMILES string of the molecule is CC(C)(C)NC(=O)c1ccccc1C(NC(=O)OCc1ccccc1)C(O)CCc1ccccc1.